The van der Waals surface area contributed by atoms with Crippen LogP contribution in [0.5, 0.6) is 5.88 Å². The first kappa shape index (κ1) is 13.2. The molecular formula is C13H14FN3O2. The molecule has 5 nitrogen and oxygen atoms in total. The quantitative estimate of drug-likeness (QED) is 0.877. The Balaban J connectivity index is 2.55. The lowest BCUT2D eigenvalue weighted by molar-refractivity contribution is 0.381. The van der Waals surface area contributed by atoms with E-state index in [0.717, 1.165) is 0 Å². The van der Waals surface area contributed by atoms with Crippen LogP contribution in [0.15, 0.2) is 29.1 Å². The largest absolute Gasteiger partial charge is 0.493 e. The number of aromatic hydroxyl groups is 1. The maximum Gasteiger partial charge on any atom is 0.262 e. The van der Waals surface area contributed by atoms with Crippen LogP contribution in [0.1, 0.15) is 5.82 Å². The highest BCUT2D eigenvalue weighted by molar-refractivity contribution is 5.67. The fraction of sp³-hybridized carbons (Fsp3) is 0.231. The average Bonchev–Trinajstić information content (AvgIpc) is 2.29. The van der Waals surface area contributed by atoms with Crippen molar-refractivity contribution in [2.75, 3.05) is 14.1 Å². The van der Waals surface area contributed by atoms with E-state index in [1.54, 1.807) is 11.0 Å². The van der Waals surface area contributed by atoms with Crippen molar-refractivity contribution in [3.8, 4) is 17.0 Å². The lowest BCUT2D eigenvalue weighted by Crippen LogP contribution is -2.19. The number of hydrogen-bond donors (Lipinski definition) is 2. The maximum absolute atomic E-state index is 13.6. The van der Waals surface area contributed by atoms with Crippen molar-refractivity contribution in [3.05, 3.63) is 46.3 Å². The van der Waals surface area contributed by atoms with Crippen LogP contribution in [-0.4, -0.2) is 34.1 Å². The molecule has 100 valence electrons. The Morgan fingerprint density at radius 1 is 1.37 bits per heavy atom. The second-order valence-corrected chi connectivity index (χ2v) is 4.43. The van der Waals surface area contributed by atoms with E-state index in [4.69, 9.17) is 0 Å². The van der Waals surface area contributed by atoms with E-state index < -0.39 is 17.3 Å². The summed E-state index contributed by atoms with van der Waals surface area (Å²) in [6.45, 7) is 0.375. The van der Waals surface area contributed by atoms with Crippen LogP contribution in [0.25, 0.3) is 11.1 Å². The normalized spacial score (nSPS) is 10.9. The lowest BCUT2D eigenvalue weighted by Gasteiger charge is -2.10. The summed E-state index contributed by atoms with van der Waals surface area (Å²) in [7, 11) is 3.61. The molecule has 1 aromatic carbocycles. The van der Waals surface area contributed by atoms with Crippen LogP contribution in [0.3, 0.4) is 0 Å². The zero-order valence-electron chi connectivity index (χ0n) is 10.6. The van der Waals surface area contributed by atoms with E-state index in [1.165, 1.54) is 18.2 Å². The Morgan fingerprint density at radius 2 is 2.05 bits per heavy atom. The Morgan fingerprint density at radius 3 is 2.63 bits per heavy atom. The molecule has 6 heteroatoms. The molecule has 0 unspecified atom stereocenters. The second-order valence-electron chi connectivity index (χ2n) is 4.43. The van der Waals surface area contributed by atoms with Crippen LogP contribution in [0.2, 0.25) is 0 Å². The summed E-state index contributed by atoms with van der Waals surface area (Å²) < 4.78 is 13.6. The average molecular weight is 263 g/mol. The highest BCUT2D eigenvalue weighted by Crippen LogP contribution is 2.25. The Labute approximate surface area is 109 Å². The summed E-state index contributed by atoms with van der Waals surface area (Å²) in [4.78, 5) is 20.2. The van der Waals surface area contributed by atoms with Crippen LogP contribution in [0, 0.1) is 5.82 Å². The molecule has 0 spiro atoms. The number of H-pyrrole nitrogens is 1. The van der Waals surface area contributed by atoms with Crippen molar-refractivity contribution in [1.29, 1.82) is 0 Å². The van der Waals surface area contributed by atoms with E-state index in [9.17, 15) is 14.3 Å². The first-order valence-electron chi connectivity index (χ1n) is 5.71. The fourth-order valence-electron chi connectivity index (χ4n) is 1.79. The molecule has 1 aromatic heterocycles. The van der Waals surface area contributed by atoms with E-state index >= 15 is 0 Å². The van der Waals surface area contributed by atoms with Gasteiger partial charge in [-0.2, -0.15) is 4.98 Å². The molecule has 0 saturated heterocycles. The van der Waals surface area contributed by atoms with Gasteiger partial charge in [0.2, 0.25) is 5.88 Å². The van der Waals surface area contributed by atoms with E-state index in [0.29, 0.717) is 12.4 Å². The van der Waals surface area contributed by atoms with Gasteiger partial charge in [-0.3, -0.25) is 4.79 Å². The highest BCUT2D eigenvalue weighted by Gasteiger charge is 2.16. The minimum atomic E-state index is -0.578. The molecule has 0 bridgehead atoms. The van der Waals surface area contributed by atoms with Gasteiger partial charge in [-0.25, -0.2) is 4.39 Å². The summed E-state index contributed by atoms with van der Waals surface area (Å²) in [6, 6.07) is 5.75. The van der Waals surface area contributed by atoms with E-state index in [2.05, 4.69) is 9.97 Å². The zero-order valence-corrected chi connectivity index (χ0v) is 10.6. The minimum absolute atomic E-state index is 0.0325. The van der Waals surface area contributed by atoms with E-state index in [1.807, 2.05) is 14.1 Å². The number of nitrogens with zero attached hydrogens (tertiary/aromatic N) is 2. The molecule has 1 heterocycles. The molecule has 0 saturated carbocycles. The van der Waals surface area contributed by atoms with Crippen molar-refractivity contribution < 1.29 is 9.50 Å². The Bertz CT molecular complexity index is 653. The van der Waals surface area contributed by atoms with E-state index in [-0.39, 0.29) is 11.1 Å². The van der Waals surface area contributed by atoms with Crippen molar-refractivity contribution in [1.82, 2.24) is 14.9 Å². The minimum Gasteiger partial charge on any atom is -0.493 e. The molecule has 2 N–H and O–H groups in total. The highest BCUT2D eigenvalue weighted by atomic mass is 19.1. The van der Waals surface area contributed by atoms with Gasteiger partial charge in [0.1, 0.15) is 17.2 Å². The van der Waals surface area contributed by atoms with Gasteiger partial charge in [0, 0.05) is 5.56 Å². The molecule has 19 heavy (non-hydrogen) atoms. The molecule has 2 rings (SSSR count). The summed E-state index contributed by atoms with van der Waals surface area (Å²) in [5.41, 5.74) is -0.680. The molecule has 0 radical (unpaired) electrons. The molecule has 2 aromatic rings. The third kappa shape index (κ3) is 2.79. The third-order valence-corrected chi connectivity index (χ3v) is 2.56. The molecule has 0 amide bonds. The first-order valence-corrected chi connectivity index (χ1v) is 5.71. The summed E-state index contributed by atoms with van der Waals surface area (Å²) in [5, 5.41) is 9.85. The predicted octanol–water partition coefficient (Wildman–Crippen LogP) is 1.34. The number of benzene rings is 1. The van der Waals surface area contributed by atoms with Crippen LogP contribution in [-0.2, 0) is 6.54 Å². The smallest absolute Gasteiger partial charge is 0.262 e. The van der Waals surface area contributed by atoms with Crippen LogP contribution < -0.4 is 5.56 Å². The van der Waals surface area contributed by atoms with Gasteiger partial charge < -0.3 is 15.0 Å². The Kier molecular flexibility index (Phi) is 3.62. The number of nitrogens with one attached hydrogen (secondary N) is 1. The van der Waals surface area contributed by atoms with Gasteiger partial charge in [0.15, 0.2) is 0 Å². The van der Waals surface area contributed by atoms with Crippen molar-refractivity contribution >= 4 is 0 Å². The summed E-state index contributed by atoms with van der Waals surface area (Å²) in [6.07, 6.45) is 0. The number of aromatic nitrogens is 2. The number of aromatic amines is 1. The molecule has 0 aliphatic heterocycles. The summed E-state index contributed by atoms with van der Waals surface area (Å²) in [5.74, 6) is -0.719. The third-order valence-electron chi connectivity index (χ3n) is 2.56. The molecule has 0 atom stereocenters. The monoisotopic (exact) mass is 263 g/mol. The van der Waals surface area contributed by atoms with Gasteiger partial charge in [-0.05, 0) is 20.2 Å². The van der Waals surface area contributed by atoms with Crippen molar-refractivity contribution in [2.45, 2.75) is 6.54 Å². The topological polar surface area (TPSA) is 69.2 Å². The van der Waals surface area contributed by atoms with Gasteiger partial charge in [-0.1, -0.05) is 18.2 Å². The standard InChI is InChI=1S/C13H14FN3O2/c1-17(2)7-10-15-12(18)11(13(19)16-10)8-5-3-4-6-9(8)14/h3-6H,7H2,1-2H3,(H2,15,16,18,19). The molecule has 0 aliphatic carbocycles. The van der Waals surface area contributed by atoms with Gasteiger partial charge in [0.05, 0.1) is 6.54 Å². The van der Waals surface area contributed by atoms with Gasteiger partial charge >= 0.3 is 0 Å². The predicted molar refractivity (Wildman–Crippen MR) is 69.3 cm³/mol. The second kappa shape index (κ2) is 5.19. The van der Waals surface area contributed by atoms with Gasteiger partial charge in [0.25, 0.3) is 5.56 Å². The molecule has 0 aliphatic rings. The Hall–Kier alpha value is -2.21. The number of halogens is 1. The van der Waals surface area contributed by atoms with Crippen molar-refractivity contribution in [2.24, 2.45) is 0 Å². The molecule has 0 fully saturated rings. The van der Waals surface area contributed by atoms with Gasteiger partial charge in [-0.15, -0.1) is 0 Å². The summed E-state index contributed by atoms with van der Waals surface area (Å²) >= 11 is 0. The lowest BCUT2D eigenvalue weighted by atomic mass is 10.1. The molecular weight excluding hydrogens is 249 g/mol. The fourth-order valence-corrected chi connectivity index (χ4v) is 1.79. The number of rotatable bonds is 3. The van der Waals surface area contributed by atoms with Crippen molar-refractivity contribution in [3.63, 3.8) is 0 Å². The van der Waals surface area contributed by atoms with Crippen LogP contribution >= 0.6 is 0 Å². The zero-order chi connectivity index (χ0) is 14.0. The van der Waals surface area contributed by atoms with Crippen LogP contribution in [0.4, 0.5) is 4.39 Å². The maximum atomic E-state index is 13.6. The number of hydrogen-bond acceptors (Lipinski definition) is 4. The SMILES string of the molecule is CN(C)Cc1nc(O)c(-c2ccccc2F)c(=O)[nH]1. The first-order chi connectivity index (χ1) is 8.99.